The Labute approximate surface area is 112 Å². The Hall–Kier alpha value is -1.14. The lowest BCUT2D eigenvalue weighted by Gasteiger charge is -2.26. The smallest absolute Gasteiger partial charge is 0.306 e. The second kappa shape index (κ2) is 6.34. The molecule has 4 N–H and O–H groups in total. The molecule has 1 saturated heterocycles. The van der Waals surface area contributed by atoms with E-state index in [-0.39, 0.29) is 17.9 Å². The molecule has 0 aromatic rings. The van der Waals surface area contributed by atoms with Crippen molar-refractivity contribution in [3.8, 4) is 0 Å². The number of hydrogen-bond acceptors (Lipinski definition) is 4. The third kappa shape index (κ3) is 3.91. The molecule has 2 rings (SSSR count). The first-order valence-corrected chi connectivity index (χ1v) is 6.98. The number of hydrogen-bond donors (Lipinski definition) is 4. The number of nitrogens with one attached hydrogen (secondary N) is 2. The Bertz CT molecular complexity index is 340. The van der Waals surface area contributed by atoms with Crippen molar-refractivity contribution in [2.75, 3.05) is 13.1 Å². The summed E-state index contributed by atoms with van der Waals surface area (Å²) >= 11 is 0. The summed E-state index contributed by atoms with van der Waals surface area (Å²) < 4.78 is 0. The number of carbonyl (C=O) groups is 2. The minimum Gasteiger partial charge on any atom is -0.481 e. The zero-order chi connectivity index (χ0) is 13.8. The third-order valence-corrected chi connectivity index (χ3v) is 4.19. The van der Waals surface area contributed by atoms with Crippen molar-refractivity contribution >= 4 is 11.9 Å². The van der Waals surface area contributed by atoms with Gasteiger partial charge in [0.05, 0.1) is 18.1 Å². The first-order valence-electron chi connectivity index (χ1n) is 6.98. The summed E-state index contributed by atoms with van der Waals surface area (Å²) in [6.45, 7) is 1.08. The van der Waals surface area contributed by atoms with Crippen LogP contribution >= 0.6 is 0 Å². The summed E-state index contributed by atoms with van der Waals surface area (Å²) in [5, 5.41) is 24.1. The van der Waals surface area contributed by atoms with Gasteiger partial charge >= 0.3 is 5.97 Å². The van der Waals surface area contributed by atoms with Gasteiger partial charge in [-0.15, -0.1) is 0 Å². The van der Waals surface area contributed by atoms with Crippen LogP contribution in [0.2, 0.25) is 0 Å². The zero-order valence-corrected chi connectivity index (χ0v) is 11.0. The van der Waals surface area contributed by atoms with Crippen LogP contribution in [0.3, 0.4) is 0 Å². The van der Waals surface area contributed by atoms with Gasteiger partial charge in [0.25, 0.3) is 0 Å². The first kappa shape index (κ1) is 14.3. The van der Waals surface area contributed by atoms with E-state index in [0.717, 1.165) is 12.8 Å². The summed E-state index contributed by atoms with van der Waals surface area (Å²) in [5.41, 5.74) is 0. The number of aliphatic hydroxyl groups is 1. The molecule has 0 radical (unpaired) electrons. The molecule has 2 fully saturated rings. The molecule has 108 valence electrons. The number of rotatable bonds is 4. The van der Waals surface area contributed by atoms with E-state index in [0.29, 0.717) is 38.3 Å². The zero-order valence-electron chi connectivity index (χ0n) is 11.0. The van der Waals surface area contributed by atoms with E-state index in [2.05, 4.69) is 10.6 Å². The maximum atomic E-state index is 11.8. The van der Waals surface area contributed by atoms with Gasteiger partial charge in [-0.25, -0.2) is 0 Å². The summed E-state index contributed by atoms with van der Waals surface area (Å²) in [5.74, 6) is -0.590. The molecule has 2 unspecified atom stereocenters. The van der Waals surface area contributed by atoms with Gasteiger partial charge in [-0.3, -0.25) is 9.59 Å². The normalized spacial score (nSPS) is 35.0. The van der Waals surface area contributed by atoms with Crippen LogP contribution in [0, 0.1) is 11.8 Å². The van der Waals surface area contributed by atoms with Gasteiger partial charge < -0.3 is 20.8 Å². The van der Waals surface area contributed by atoms with Crippen molar-refractivity contribution in [1.29, 1.82) is 0 Å². The minimum atomic E-state index is -0.702. The molecule has 0 bridgehead atoms. The summed E-state index contributed by atoms with van der Waals surface area (Å²) in [6, 6.07) is -0.287. The van der Waals surface area contributed by atoms with Crippen LogP contribution < -0.4 is 10.6 Å². The van der Waals surface area contributed by atoms with Crippen LogP contribution in [0.4, 0.5) is 0 Å². The Morgan fingerprint density at radius 2 is 1.89 bits per heavy atom. The molecule has 1 aliphatic carbocycles. The van der Waals surface area contributed by atoms with Crippen LogP contribution in [0.15, 0.2) is 0 Å². The second-order valence-corrected chi connectivity index (χ2v) is 5.65. The highest BCUT2D eigenvalue weighted by Gasteiger charge is 2.29. The van der Waals surface area contributed by atoms with E-state index in [1.54, 1.807) is 0 Å². The van der Waals surface area contributed by atoms with E-state index in [1.165, 1.54) is 0 Å². The molecule has 1 saturated carbocycles. The highest BCUT2D eigenvalue weighted by Crippen LogP contribution is 2.28. The maximum absolute atomic E-state index is 11.8. The lowest BCUT2D eigenvalue weighted by atomic mass is 9.82. The lowest BCUT2D eigenvalue weighted by Crippen LogP contribution is -2.42. The van der Waals surface area contributed by atoms with E-state index in [9.17, 15) is 14.7 Å². The van der Waals surface area contributed by atoms with Crippen molar-refractivity contribution < 1.29 is 19.8 Å². The van der Waals surface area contributed by atoms with Crippen LogP contribution in [-0.2, 0) is 9.59 Å². The molecule has 2 atom stereocenters. The average molecular weight is 270 g/mol. The van der Waals surface area contributed by atoms with Gasteiger partial charge in [0.1, 0.15) is 0 Å². The Morgan fingerprint density at radius 1 is 1.21 bits per heavy atom. The van der Waals surface area contributed by atoms with Crippen molar-refractivity contribution in [1.82, 2.24) is 10.6 Å². The fraction of sp³-hybridized carbons (Fsp3) is 0.846. The predicted molar refractivity (Wildman–Crippen MR) is 68.5 cm³/mol. The minimum absolute atomic E-state index is 0.0584. The van der Waals surface area contributed by atoms with E-state index < -0.39 is 12.1 Å². The highest BCUT2D eigenvalue weighted by atomic mass is 16.4. The van der Waals surface area contributed by atoms with Crippen LogP contribution in [0.25, 0.3) is 0 Å². The van der Waals surface area contributed by atoms with Crippen LogP contribution in [-0.4, -0.2) is 47.3 Å². The molecule has 6 nitrogen and oxygen atoms in total. The number of amides is 1. The van der Waals surface area contributed by atoms with Crippen LogP contribution in [0.1, 0.15) is 32.1 Å². The summed E-state index contributed by atoms with van der Waals surface area (Å²) in [7, 11) is 0. The molecule has 1 amide bonds. The van der Waals surface area contributed by atoms with E-state index >= 15 is 0 Å². The maximum Gasteiger partial charge on any atom is 0.306 e. The molecule has 0 aromatic carbocycles. The number of β-amino-alcohol motifs (C(OH)–C–C–N with tert-alkyl or cyclic N) is 1. The molecule has 0 spiro atoms. The molecule has 1 aliphatic heterocycles. The largest absolute Gasteiger partial charge is 0.481 e. The van der Waals surface area contributed by atoms with Gasteiger partial charge in [-0.05, 0) is 38.0 Å². The molecular weight excluding hydrogens is 248 g/mol. The lowest BCUT2D eigenvalue weighted by molar-refractivity contribution is -0.143. The van der Waals surface area contributed by atoms with Crippen molar-refractivity contribution in [3.05, 3.63) is 0 Å². The molecular formula is C13H22N2O4. The van der Waals surface area contributed by atoms with Gasteiger partial charge in [0.15, 0.2) is 0 Å². The van der Waals surface area contributed by atoms with E-state index in [4.69, 9.17) is 5.11 Å². The summed E-state index contributed by atoms with van der Waals surface area (Å²) in [6.07, 6.45) is 3.17. The van der Waals surface area contributed by atoms with Crippen molar-refractivity contribution in [2.45, 2.75) is 44.2 Å². The number of carboxylic acid groups (broad SMARTS) is 1. The van der Waals surface area contributed by atoms with Crippen LogP contribution in [0.5, 0.6) is 0 Å². The Balaban J connectivity index is 1.66. The Morgan fingerprint density at radius 3 is 2.42 bits per heavy atom. The van der Waals surface area contributed by atoms with Crippen molar-refractivity contribution in [2.24, 2.45) is 11.8 Å². The monoisotopic (exact) mass is 270 g/mol. The van der Waals surface area contributed by atoms with E-state index in [1.807, 2.05) is 0 Å². The first-order chi connectivity index (χ1) is 9.06. The SMILES string of the molecule is O=C(O)C1CCC(CNC(=O)C2CC(O)CN2)CC1. The third-order valence-electron chi connectivity index (χ3n) is 4.19. The average Bonchev–Trinajstić information content (AvgIpc) is 2.83. The molecule has 6 heteroatoms. The second-order valence-electron chi connectivity index (χ2n) is 5.65. The van der Waals surface area contributed by atoms with Crippen molar-refractivity contribution in [3.63, 3.8) is 0 Å². The predicted octanol–water partition coefficient (Wildman–Crippen LogP) is -0.284. The number of aliphatic carboxylic acids is 1. The van der Waals surface area contributed by atoms with Gasteiger partial charge in [-0.1, -0.05) is 0 Å². The number of carboxylic acids is 1. The number of carbonyl (C=O) groups excluding carboxylic acids is 1. The number of aliphatic hydroxyl groups excluding tert-OH is 1. The Kier molecular flexibility index (Phi) is 4.76. The molecule has 1 heterocycles. The standard InChI is InChI=1S/C13H22N2O4/c16-10-5-11(14-7-10)12(17)15-6-8-1-3-9(4-2-8)13(18)19/h8-11,14,16H,1-7H2,(H,15,17)(H,18,19). The molecule has 19 heavy (non-hydrogen) atoms. The quantitative estimate of drug-likeness (QED) is 0.563. The fourth-order valence-electron chi connectivity index (χ4n) is 2.90. The highest BCUT2D eigenvalue weighted by molar-refractivity contribution is 5.82. The molecule has 2 aliphatic rings. The van der Waals surface area contributed by atoms with Gasteiger partial charge in [-0.2, -0.15) is 0 Å². The summed E-state index contributed by atoms with van der Waals surface area (Å²) in [4.78, 5) is 22.7. The fourth-order valence-corrected chi connectivity index (χ4v) is 2.90. The van der Waals surface area contributed by atoms with Gasteiger partial charge in [0.2, 0.25) is 5.91 Å². The van der Waals surface area contributed by atoms with Gasteiger partial charge in [0, 0.05) is 13.1 Å². The molecule has 0 aromatic heterocycles. The topological polar surface area (TPSA) is 98.7 Å².